The molecular weight excluding hydrogens is 558 g/mol. The molecule has 0 aliphatic rings. The second-order valence-corrected chi connectivity index (χ2v) is 14.0. The highest BCUT2D eigenvalue weighted by Gasteiger charge is 2.24. The van der Waals surface area contributed by atoms with E-state index in [4.69, 9.17) is 18.7 Å². The lowest BCUT2D eigenvalue weighted by atomic mass is 9.87. The Kier molecular flexibility index (Phi) is 8.49. The van der Waals surface area contributed by atoms with E-state index in [0.29, 0.717) is 33.9 Å². The fourth-order valence-electron chi connectivity index (χ4n) is 4.28. The lowest BCUT2D eigenvalue weighted by Crippen LogP contribution is -2.32. The van der Waals surface area contributed by atoms with Gasteiger partial charge in [-0.25, -0.2) is 9.00 Å². The molecule has 4 rings (SSSR count). The van der Waals surface area contributed by atoms with Crippen molar-refractivity contribution in [3.05, 3.63) is 59.4 Å². The van der Waals surface area contributed by atoms with Crippen molar-refractivity contribution in [3.8, 4) is 11.5 Å². The van der Waals surface area contributed by atoms with Gasteiger partial charge in [0.15, 0.2) is 11.4 Å². The Morgan fingerprint density at radius 2 is 1.76 bits per heavy atom. The van der Waals surface area contributed by atoms with Crippen LogP contribution in [0.25, 0.3) is 11.0 Å². The summed E-state index contributed by atoms with van der Waals surface area (Å²) in [5.41, 5.74) is 2.35. The number of hydrogen-bond acceptors (Lipinski definition) is 8. The lowest BCUT2D eigenvalue weighted by Gasteiger charge is -2.22. The monoisotopic (exact) mass is 597 g/mol. The molecule has 0 aliphatic heterocycles. The van der Waals surface area contributed by atoms with Crippen molar-refractivity contribution in [1.29, 1.82) is 0 Å². The number of benzene rings is 2. The largest absolute Gasteiger partial charge is 0.496 e. The van der Waals surface area contributed by atoms with Gasteiger partial charge in [-0.05, 0) is 67.4 Å². The SMILES string of the molecule is C=S(=O)(Nc1noc2cc(Cn3cc(CNC(=O)OC(C)(C)C)cn3)cc(OC)c12)c1cc(C(C)(C)C)ccc1OC. The summed E-state index contributed by atoms with van der Waals surface area (Å²) in [4.78, 5) is 12.4. The van der Waals surface area contributed by atoms with Gasteiger partial charge < -0.3 is 24.1 Å². The fourth-order valence-corrected chi connectivity index (χ4v) is 5.64. The second-order valence-electron chi connectivity index (χ2n) is 12.0. The van der Waals surface area contributed by atoms with Crippen molar-refractivity contribution in [2.75, 3.05) is 18.9 Å². The third-order valence-electron chi connectivity index (χ3n) is 6.33. The first-order valence-electron chi connectivity index (χ1n) is 13.4. The van der Waals surface area contributed by atoms with E-state index in [0.717, 1.165) is 16.7 Å². The summed E-state index contributed by atoms with van der Waals surface area (Å²) >= 11 is 0. The first-order chi connectivity index (χ1) is 19.6. The van der Waals surface area contributed by atoms with E-state index in [2.05, 4.69) is 46.9 Å². The molecule has 2 aromatic carbocycles. The summed E-state index contributed by atoms with van der Waals surface area (Å²) in [5, 5.41) is 11.8. The molecule has 226 valence electrons. The summed E-state index contributed by atoms with van der Waals surface area (Å²) in [6.45, 7) is 12.4. The van der Waals surface area contributed by atoms with Gasteiger partial charge in [0.25, 0.3) is 0 Å². The zero-order chi connectivity index (χ0) is 30.9. The number of carbonyl (C=O) groups excluding carboxylic acids is 1. The van der Waals surface area contributed by atoms with Crippen LogP contribution < -0.4 is 19.5 Å². The highest BCUT2D eigenvalue weighted by Crippen LogP contribution is 2.37. The molecule has 11 nitrogen and oxygen atoms in total. The maximum Gasteiger partial charge on any atom is 0.407 e. The third kappa shape index (κ3) is 7.17. The number of carbonyl (C=O) groups is 1. The minimum Gasteiger partial charge on any atom is -0.496 e. The molecule has 0 fully saturated rings. The van der Waals surface area contributed by atoms with Crippen LogP contribution in [0.5, 0.6) is 11.5 Å². The van der Waals surface area contributed by atoms with E-state index in [1.165, 1.54) is 7.11 Å². The van der Waals surface area contributed by atoms with Crippen molar-refractivity contribution < 1.29 is 27.7 Å². The van der Waals surface area contributed by atoms with Crippen LogP contribution in [-0.4, -0.2) is 50.9 Å². The summed E-state index contributed by atoms with van der Waals surface area (Å²) in [6.07, 6.45) is 3.02. The van der Waals surface area contributed by atoms with Crippen molar-refractivity contribution in [2.45, 2.75) is 70.5 Å². The Morgan fingerprint density at radius 1 is 1.05 bits per heavy atom. The molecule has 2 heterocycles. The highest BCUT2D eigenvalue weighted by atomic mass is 32.2. The molecule has 0 bridgehead atoms. The van der Waals surface area contributed by atoms with Crippen LogP contribution in [-0.2, 0) is 32.9 Å². The maximum atomic E-state index is 14.0. The number of nitrogens with zero attached hydrogens (tertiary/aromatic N) is 3. The zero-order valence-electron chi connectivity index (χ0n) is 25.4. The molecule has 1 atom stereocenters. The van der Waals surface area contributed by atoms with Gasteiger partial charge in [-0.15, -0.1) is 0 Å². The van der Waals surface area contributed by atoms with Crippen LogP contribution in [0, 0.1) is 0 Å². The maximum absolute atomic E-state index is 14.0. The molecule has 0 saturated carbocycles. The van der Waals surface area contributed by atoms with E-state index >= 15 is 0 Å². The summed E-state index contributed by atoms with van der Waals surface area (Å²) in [6, 6.07) is 9.26. The van der Waals surface area contributed by atoms with E-state index in [1.54, 1.807) is 24.1 Å². The summed E-state index contributed by atoms with van der Waals surface area (Å²) in [5.74, 6) is 5.18. The first kappa shape index (κ1) is 30.8. The Hall–Kier alpha value is -4.19. The fraction of sp³-hybridized carbons (Fsp3) is 0.400. The molecule has 42 heavy (non-hydrogen) atoms. The molecule has 0 aliphatic carbocycles. The predicted molar refractivity (Wildman–Crippen MR) is 164 cm³/mol. The third-order valence-corrected chi connectivity index (χ3v) is 7.88. The number of fused-ring (bicyclic) bond motifs is 1. The van der Waals surface area contributed by atoms with Crippen LogP contribution in [0.15, 0.2) is 52.1 Å². The number of amides is 1. The van der Waals surface area contributed by atoms with Gasteiger partial charge in [0.05, 0.1) is 41.6 Å². The molecule has 0 saturated heterocycles. The molecule has 4 aromatic rings. The van der Waals surface area contributed by atoms with Gasteiger partial charge in [0, 0.05) is 18.3 Å². The number of rotatable bonds is 9. The number of alkyl carbamates (subject to hydrolysis) is 1. The minimum absolute atomic E-state index is 0.166. The van der Waals surface area contributed by atoms with Crippen LogP contribution in [0.1, 0.15) is 58.2 Å². The average molecular weight is 598 g/mol. The van der Waals surface area contributed by atoms with E-state index in [1.807, 2.05) is 51.2 Å². The lowest BCUT2D eigenvalue weighted by molar-refractivity contribution is 0.0523. The molecule has 2 N–H and O–H groups in total. The van der Waals surface area contributed by atoms with Crippen LogP contribution in [0.4, 0.5) is 10.6 Å². The number of nitrogens with one attached hydrogen (secondary N) is 2. The average Bonchev–Trinajstić information content (AvgIpc) is 3.51. The Bertz CT molecular complexity index is 1690. The summed E-state index contributed by atoms with van der Waals surface area (Å²) in [7, 11) is -0.0374. The molecule has 12 heteroatoms. The second kappa shape index (κ2) is 11.6. The molecule has 0 spiro atoms. The van der Waals surface area contributed by atoms with Gasteiger partial charge in [0.2, 0.25) is 0 Å². The standard InChI is InChI=1S/C30H39N5O6S/c1-29(2,3)21-10-11-22(38-7)25(14-21)42(9,37)34-27-26-23(39-8)12-19(13-24(26)41-33-27)17-35-18-20(16-32-35)15-31-28(36)40-30(4,5)6/h10-14,16,18H,9,15,17H2,1-8H3,(H,31,36)(H,33,34,37). The Balaban J connectivity index is 1.56. The highest BCUT2D eigenvalue weighted by molar-refractivity contribution is 8.01. The van der Waals surface area contributed by atoms with Crippen LogP contribution in [0.3, 0.4) is 0 Å². The molecular formula is C30H39N5O6S. The molecule has 1 amide bonds. The normalized spacial score (nSPS) is 13.4. The van der Waals surface area contributed by atoms with E-state index in [9.17, 15) is 9.00 Å². The van der Waals surface area contributed by atoms with Crippen molar-refractivity contribution in [3.63, 3.8) is 0 Å². The Morgan fingerprint density at radius 3 is 2.40 bits per heavy atom. The van der Waals surface area contributed by atoms with E-state index in [-0.39, 0.29) is 17.8 Å². The quantitative estimate of drug-likeness (QED) is 0.242. The van der Waals surface area contributed by atoms with Crippen molar-refractivity contribution in [2.24, 2.45) is 0 Å². The van der Waals surface area contributed by atoms with Gasteiger partial charge in [-0.3, -0.25) is 9.40 Å². The summed E-state index contributed by atoms with van der Waals surface area (Å²) < 4.78 is 40.8. The predicted octanol–water partition coefficient (Wildman–Crippen LogP) is 5.51. The Labute approximate surface area is 246 Å². The van der Waals surface area contributed by atoms with Gasteiger partial charge in [-0.1, -0.05) is 32.0 Å². The molecule has 2 aromatic heterocycles. The number of methoxy groups -OCH3 is 2. The minimum atomic E-state index is -3.11. The molecule has 1 unspecified atom stereocenters. The van der Waals surface area contributed by atoms with Gasteiger partial charge >= 0.3 is 6.09 Å². The first-order valence-corrected chi connectivity index (χ1v) is 15.1. The van der Waals surface area contributed by atoms with Crippen molar-refractivity contribution >= 4 is 38.5 Å². The van der Waals surface area contributed by atoms with Gasteiger partial charge in [-0.2, -0.15) is 5.10 Å². The van der Waals surface area contributed by atoms with E-state index < -0.39 is 21.4 Å². The van der Waals surface area contributed by atoms with Crippen molar-refractivity contribution in [1.82, 2.24) is 20.3 Å². The smallest absolute Gasteiger partial charge is 0.407 e. The van der Waals surface area contributed by atoms with Gasteiger partial charge in [0.1, 0.15) is 22.5 Å². The number of ether oxygens (including phenoxy) is 3. The number of hydrogen-bond donors (Lipinski definition) is 2. The zero-order valence-corrected chi connectivity index (χ0v) is 26.2. The molecule has 0 radical (unpaired) electrons. The van der Waals surface area contributed by atoms with Crippen LogP contribution >= 0.6 is 0 Å². The number of anilines is 1. The topological polar surface area (TPSA) is 130 Å². The van der Waals surface area contributed by atoms with Crippen LogP contribution in [0.2, 0.25) is 0 Å². The number of aromatic nitrogens is 3.